The molecule has 1 aliphatic heterocycles. The molecule has 0 spiro atoms. The lowest BCUT2D eigenvalue weighted by molar-refractivity contribution is 0.0697. The average Bonchev–Trinajstić information content (AvgIpc) is 2.99. The summed E-state index contributed by atoms with van der Waals surface area (Å²) in [5.74, 6) is -0.410. The molecule has 1 N–H and O–H groups in total. The highest BCUT2D eigenvalue weighted by Gasteiger charge is 2.21. The molecule has 1 unspecified atom stereocenters. The lowest BCUT2D eigenvalue weighted by Gasteiger charge is -2.33. The Morgan fingerprint density at radius 1 is 1.30 bits per heavy atom. The molecule has 5 nitrogen and oxygen atoms in total. The molecule has 2 aromatic rings. The topological polar surface area (TPSA) is 58.4 Å². The number of aromatic nitrogens is 2. The summed E-state index contributed by atoms with van der Waals surface area (Å²) in [4.78, 5) is 13.4. The lowest BCUT2D eigenvalue weighted by Crippen LogP contribution is -2.36. The Hall–Kier alpha value is -1.85. The van der Waals surface area contributed by atoms with Crippen LogP contribution in [0.1, 0.15) is 34.7 Å². The number of aromatic carboxylic acids is 1. The van der Waals surface area contributed by atoms with Gasteiger partial charge in [0, 0.05) is 19.3 Å². The molecule has 0 amide bonds. The van der Waals surface area contributed by atoms with E-state index >= 15 is 0 Å². The van der Waals surface area contributed by atoms with Gasteiger partial charge >= 0.3 is 5.97 Å². The number of nitrogens with zero attached hydrogens (tertiary/aromatic N) is 3. The van der Waals surface area contributed by atoms with Crippen molar-refractivity contribution in [2.45, 2.75) is 25.3 Å². The highest BCUT2D eigenvalue weighted by atomic mass is 35.5. The summed E-state index contributed by atoms with van der Waals surface area (Å²) in [6.07, 6.45) is 5.81. The number of hydrogen-bond acceptors (Lipinski definition) is 3. The van der Waals surface area contributed by atoms with Gasteiger partial charge in [0.05, 0.1) is 23.3 Å². The van der Waals surface area contributed by atoms with Crippen LogP contribution in [0.2, 0.25) is 5.02 Å². The van der Waals surface area contributed by atoms with E-state index in [-0.39, 0.29) is 0 Å². The van der Waals surface area contributed by atoms with Gasteiger partial charge in [-0.1, -0.05) is 23.7 Å². The van der Waals surface area contributed by atoms with Crippen molar-refractivity contribution >= 4 is 17.6 Å². The van der Waals surface area contributed by atoms with E-state index in [2.05, 4.69) is 10.00 Å². The van der Waals surface area contributed by atoms with E-state index in [1.807, 2.05) is 23.0 Å². The molecule has 1 aliphatic rings. The van der Waals surface area contributed by atoms with Crippen LogP contribution < -0.4 is 0 Å². The van der Waals surface area contributed by atoms with Crippen molar-refractivity contribution in [2.24, 2.45) is 0 Å². The first-order valence-corrected chi connectivity index (χ1v) is 8.23. The Kier molecular flexibility index (Phi) is 4.98. The van der Waals surface area contributed by atoms with Crippen LogP contribution in [0.5, 0.6) is 0 Å². The maximum atomic E-state index is 10.9. The maximum absolute atomic E-state index is 10.9. The molecule has 3 rings (SSSR count). The van der Waals surface area contributed by atoms with Gasteiger partial charge in [0.15, 0.2) is 0 Å². The number of benzene rings is 1. The van der Waals surface area contributed by atoms with E-state index in [1.54, 1.807) is 18.3 Å². The standard InChI is InChI=1S/C17H20ClN3O2/c18-16-10-19-21(12-16)9-8-20-7-1-2-15(11-20)13-3-5-14(6-4-13)17(22)23/h3-6,10,12,15H,1-2,7-9,11H2,(H,22,23). The second kappa shape index (κ2) is 7.15. The number of likely N-dealkylation sites (tertiary alicyclic amines) is 1. The highest BCUT2D eigenvalue weighted by Crippen LogP contribution is 2.27. The average molecular weight is 334 g/mol. The van der Waals surface area contributed by atoms with Gasteiger partial charge in [0.25, 0.3) is 0 Å². The molecule has 23 heavy (non-hydrogen) atoms. The number of rotatable bonds is 5. The molecule has 6 heteroatoms. The van der Waals surface area contributed by atoms with Crippen LogP contribution in [0.25, 0.3) is 0 Å². The Bertz CT molecular complexity index is 669. The summed E-state index contributed by atoms with van der Waals surface area (Å²) in [7, 11) is 0. The van der Waals surface area contributed by atoms with Crippen LogP contribution in [0, 0.1) is 0 Å². The molecule has 1 fully saturated rings. The predicted octanol–water partition coefficient (Wildman–Crippen LogP) is 3.11. The van der Waals surface area contributed by atoms with E-state index < -0.39 is 5.97 Å². The second-order valence-corrected chi connectivity index (χ2v) is 6.42. The van der Waals surface area contributed by atoms with Crippen LogP contribution in [-0.4, -0.2) is 45.4 Å². The van der Waals surface area contributed by atoms with Gasteiger partial charge in [-0.15, -0.1) is 0 Å². The summed E-state index contributed by atoms with van der Waals surface area (Å²) >= 11 is 5.88. The Labute approximate surface area is 140 Å². The van der Waals surface area contributed by atoms with E-state index in [4.69, 9.17) is 16.7 Å². The smallest absolute Gasteiger partial charge is 0.335 e. The lowest BCUT2D eigenvalue weighted by atomic mass is 9.90. The molecule has 1 atom stereocenters. The van der Waals surface area contributed by atoms with Crippen molar-refractivity contribution in [3.05, 3.63) is 52.8 Å². The minimum atomic E-state index is -0.875. The summed E-state index contributed by atoms with van der Waals surface area (Å²) in [6, 6.07) is 7.29. The van der Waals surface area contributed by atoms with Gasteiger partial charge in [-0.05, 0) is 43.0 Å². The third-order valence-electron chi connectivity index (χ3n) is 4.38. The molecule has 0 aliphatic carbocycles. The van der Waals surface area contributed by atoms with Crippen LogP contribution in [0.15, 0.2) is 36.7 Å². The molecule has 2 heterocycles. The Balaban J connectivity index is 1.58. The Morgan fingerprint density at radius 3 is 2.74 bits per heavy atom. The SMILES string of the molecule is O=C(O)c1ccc(C2CCCN(CCn3cc(Cl)cn3)C2)cc1. The van der Waals surface area contributed by atoms with E-state index in [0.717, 1.165) is 39.0 Å². The Morgan fingerprint density at radius 2 is 2.09 bits per heavy atom. The van der Waals surface area contributed by atoms with Gasteiger partial charge in [0.2, 0.25) is 0 Å². The van der Waals surface area contributed by atoms with Crippen LogP contribution in [-0.2, 0) is 6.54 Å². The van der Waals surface area contributed by atoms with Crippen molar-refractivity contribution < 1.29 is 9.90 Å². The maximum Gasteiger partial charge on any atom is 0.335 e. The zero-order chi connectivity index (χ0) is 16.2. The summed E-state index contributed by atoms with van der Waals surface area (Å²) in [5, 5.41) is 13.9. The summed E-state index contributed by atoms with van der Waals surface area (Å²) < 4.78 is 1.87. The van der Waals surface area contributed by atoms with Gasteiger partial charge in [-0.2, -0.15) is 5.10 Å². The van der Waals surface area contributed by atoms with Gasteiger partial charge < -0.3 is 10.0 Å². The van der Waals surface area contributed by atoms with Crippen molar-refractivity contribution in [2.75, 3.05) is 19.6 Å². The number of carboxylic acid groups (broad SMARTS) is 1. The number of halogens is 1. The molecule has 1 aromatic heterocycles. The molecule has 122 valence electrons. The van der Waals surface area contributed by atoms with Crippen molar-refractivity contribution in [1.82, 2.24) is 14.7 Å². The monoisotopic (exact) mass is 333 g/mol. The highest BCUT2D eigenvalue weighted by molar-refractivity contribution is 6.30. The minimum Gasteiger partial charge on any atom is -0.478 e. The normalized spacial score (nSPS) is 18.9. The fourth-order valence-electron chi connectivity index (χ4n) is 3.13. The minimum absolute atomic E-state index is 0.344. The largest absolute Gasteiger partial charge is 0.478 e. The van der Waals surface area contributed by atoms with Crippen molar-refractivity contribution in [3.8, 4) is 0 Å². The summed E-state index contributed by atoms with van der Waals surface area (Å²) in [6.45, 7) is 3.87. The molecule has 0 bridgehead atoms. The van der Waals surface area contributed by atoms with E-state index in [9.17, 15) is 4.79 Å². The van der Waals surface area contributed by atoms with E-state index in [0.29, 0.717) is 16.5 Å². The third kappa shape index (κ3) is 4.12. The van der Waals surface area contributed by atoms with E-state index in [1.165, 1.54) is 5.56 Å². The fourth-order valence-corrected chi connectivity index (χ4v) is 3.29. The van der Waals surface area contributed by atoms with Crippen LogP contribution >= 0.6 is 11.6 Å². The van der Waals surface area contributed by atoms with Gasteiger partial charge in [0.1, 0.15) is 0 Å². The molecule has 1 aromatic carbocycles. The number of hydrogen-bond donors (Lipinski definition) is 1. The predicted molar refractivity (Wildman–Crippen MR) is 89.1 cm³/mol. The first-order valence-electron chi connectivity index (χ1n) is 7.85. The van der Waals surface area contributed by atoms with Crippen molar-refractivity contribution in [1.29, 1.82) is 0 Å². The molecule has 1 saturated heterocycles. The molecular formula is C17H20ClN3O2. The zero-order valence-corrected chi connectivity index (χ0v) is 13.6. The van der Waals surface area contributed by atoms with Crippen molar-refractivity contribution in [3.63, 3.8) is 0 Å². The molecular weight excluding hydrogens is 314 g/mol. The molecule has 0 saturated carbocycles. The van der Waals surface area contributed by atoms with Gasteiger partial charge in [-0.25, -0.2) is 4.79 Å². The second-order valence-electron chi connectivity index (χ2n) is 5.99. The summed E-state index contributed by atoms with van der Waals surface area (Å²) in [5.41, 5.74) is 1.57. The first kappa shape index (κ1) is 16.0. The first-order chi connectivity index (χ1) is 11.1. The third-order valence-corrected chi connectivity index (χ3v) is 4.58. The zero-order valence-electron chi connectivity index (χ0n) is 12.9. The number of carbonyl (C=O) groups is 1. The van der Waals surface area contributed by atoms with Crippen LogP contribution in [0.4, 0.5) is 0 Å². The molecule has 0 radical (unpaired) electrons. The van der Waals surface area contributed by atoms with Crippen LogP contribution in [0.3, 0.4) is 0 Å². The quantitative estimate of drug-likeness (QED) is 0.913. The fraction of sp³-hybridized carbons (Fsp3) is 0.412. The number of piperidine rings is 1. The number of carboxylic acids is 1. The van der Waals surface area contributed by atoms with Gasteiger partial charge in [-0.3, -0.25) is 4.68 Å².